The number of hydrogen-bond donors (Lipinski definition) is 0. The van der Waals surface area contributed by atoms with Crippen molar-refractivity contribution < 1.29 is 4.74 Å². The quantitative estimate of drug-likeness (QED) is 0.778. The highest BCUT2D eigenvalue weighted by molar-refractivity contribution is 6.29. The van der Waals surface area contributed by atoms with Crippen molar-refractivity contribution >= 4 is 11.6 Å². The Morgan fingerprint density at radius 1 is 1.24 bits per heavy atom. The highest BCUT2D eigenvalue weighted by Gasteiger charge is 2.53. The van der Waals surface area contributed by atoms with E-state index in [4.69, 9.17) is 16.3 Å². The number of hydrogen-bond acceptors (Lipinski definition) is 4. The molecule has 3 heterocycles. The number of rotatable bonds is 4. The van der Waals surface area contributed by atoms with Crippen LogP contribution in [0.15, 0.2) is 42.9 Å². The van der Waals surface area contributed by atoms with Crippen molar-refractivity contribution in [3.63, 3.8) is 0 Å². The summed E-state index contributed by atoms with van der Waals surface area (Å²) in [6, 6.07) is 8.24. The maximum absolute atomic E-state index is 6.26. The zero-order valence-electron chi connectivity index (χ0n) is 14.6. The van der Waals surface area contributed by atoms with E-state index in [-0.39, 0.29) is 5.60 Å². The number of aromatic nitrogens is 2. The molecule has 2 aromatic heterocycles. The Bertz CT molecular complexity index is 710. The van der Waals surface area contributed by atoms with Crippen LogP contribution in [0.25, 0.3) is 0 Å². The number of likely N-dealkylation sites (tertiary alicyclic amines) is 1. The summed E-state index contributed by atoms with van der Waals surface area (Å²) in [6.07, 6.45) is 9.26. The first-order valence-corrected chi connectivity index (χ1v) is 9.38. The van der Waals surface area contributed by atoms with E-state index in [2.05, 4.69) is 27.0 Å². The molecule has 2 atom stereocenters. The molecule has 1 aliphatic heterocycles. The second-order valence-corrected chi connectivity index (χ2v) is 7.63. The zero-order valence-corrected chi connectivity index (χ0v) is 15.3. The van der Waals surface area contributed by atoms with E-state index >= 15 is 0 Å². The number of halogens is 1. The number of methoxy groups -OCH3 is 1. The second kappa shape index (κ2) is 7.02. The molecular weight excluding hydrogens is 334 g/mol. The molecule has 0 aromatic carbocycles. The van der Waals surface area contributed by atoms with Crippen molar-refractivity contribution in [2.75, 3.05) is 20.2 Å². The van der Waals surface area contributed by atoms with Gasteiger partial charge in [0.1, 0.15) is 10.8 Å². The van der Waals surface area contributed by atoms with Gasteiger partial charge in [0, 0.05) is 57.2 Å². The van der Waals surface area contributed by atoms with Gasteiger partial charge in [0.15, 0.2) is 0 Å². The van der Waals surface area contributed by atoms with Crippen LogP contribution in [0.4, 0.5) is 0 Å². The molecule has 0 spiro atoms. The van der Waals surface area contributed by atoms with Gasteiger partial charge in [0.25, 0.3) is 0 Å². The fourth-order valence-corrected chi connectivity index (χ4v) is 5.15. The van der Waals surface area contributed by atoms with Crippen molar-refractivity contribution in [1.29, 1.82) is 0 Å². The molecule has 1 saturated carbocycles. The van der Waals surface area contributed by atoms with Crippen LogP contribution >= 0.6 is 11.6 Å². The van der Waals surface area contributed by atoms with Gasteiger partial charge in [-0.3, -0.25) is 9.88 Å². The molecule has 1 aliphatic carbocycles. The largest absolute Gasteiger partial charge is 0.373 e. The Labute approximate surface area is 154 Å². The molecule has 4 rings (SSSR count). The van der Waals surface area contributed by atoms with Gasteiger partial charge in [-0.1, -0.05) is 24.1 Å². The lowest BCUT2D eigenvalue weighted by molar-refractivity contribution is -0.170. The van der Waals surface area contributed by atoms with Crippen LogP contribution in [0.2, 0.25) is 5.15 Å². The Morgan fingerprint density at radius 2 is 2.04 bits per heavy atom. The number of pyridine rings is 2. The predicted molar refractivity (Wildman–Crippen MR) is 98.3 cm³/mol. The molecular formula is C20H24ClN3O. The number of ether oxygens (including phenoxy) is 1. The van der Waals surface area contributed by atoms with Gasteiger partial charge in [-0.05, 0) is 42.2 Å². The average Bonchev–Trinajstić information content (AvgIpc) is 2.62. The van der Waals surface area contributed by atoms with Gasteiger partial charge >= 0.3 is 0 Å². The molecule has 2 unspecified atom stereocenters. The van der Waals surface area contributed by atoms with Crippen LogP contribution in [0.1, 0.15) is 30.4 Å². The first-order valence-electron chi connectivity index (χ1n) is 9.01. The minimum atomic E-state index is -0.240. The fourth-order valence-electron chi connectivity index (χ4n) is 4.97. The minimum absolute atomic E-state index is 0.240. The van der Waals surface area contributed by atoms with Crippen LogP contribution in [-0.4, -0.2) is 35.1 Å². The molecule has 0 amide bonds. The van der Waals surface area contributed by atoms with E-state index in [9.17, 15) is 0 Å². The maximum atomic E-state index is 6.26. The Hall–Kier alpha value is -1.49. The summed E-state index contributed by atoms with van der Waals surface area (Å²) in [5.41, 5.74) is 2.22. The SMILES string of the molecule is COC1(c2ccnc(Cl)c2)C2CCCC1CN(Cc1cccnc1)C2. The lowest BCUT2D eigenvalue weighted by Gasteiger charge is -2.55. The first-order chi connectivity index (χ1) is 12.2. The molecule has 5 heteroatoms. The molecule has 0 N–H and O–H groups in total. The minimum Gasteiger partial charge on any atom is -0.373 e. The maximum Gasteiger partial charge on any atom is 0.129 e. The third kappa shape index (κ3) is 3.07. The normalized spacial score (nSPS) is 29.5. The molecule has 2 fully saturated rings. The molecule has 1 saturated heterocycles. The molecule has 25 heavy (non-hydrogen) atoms. The molecule has 2 aliphatic rings. The lowest BCUT2D eigenvalue weighted by atomic mass is 9.62. The molecule has 132 valence electrons. The summed E-state index contributed by atoms with van der Waals surface area (Å²) < 4.78 is 6.26. The monoisotopic (exact) mass is 357 g/mol. The van der Waals surface area contributed by atoms with E-state index in [1.807, 2.05) is 31.6 Å². The summed E-state index contributed by atoms with van der Waals surface area (Å²) in [4.78, 5) is 11.0. The van der Waals surface area contributed by atoms with Crippen molar-refractivity contribution in [3.05, 3.63) is 59.1 Å². The molecule has 2 bridgehead atoms. The van der Waals surface area contributed by atoms with Crippen LogP contribution in [0, 0.1) is 11.8 Å². The highest BCUT2D eigenvalue weighted by Crippen LogP contribution is 2.51. The van der Waals surface area contributed by atoms with Crippen molar-refractivity contribution in [2.45, 2.75) is 31.4 Å². The summed E-state index contributed by atoms with van der Waals surface area (Å²) in [5.74, 6) is 0.945. The topological polar surface area (TPSA) is 38.2 Å². The van der Waals surface area contributed by atoms with Crippen LogP contribution in [0.5, 0.6) is 0 Å². The number of piperidine rings is 1. The third-order valence-electron chi connectivity index (χ3n) is 5.92. The second-order valence-electron chi connectivity index (χ2n) is 7.24. The summed E-state index contributed by atoms with van der Waals surface area (Å²) in [6.45, 7) is 3.04. The number of fused-ring (bicyclic) bond motifs is 2. The first kappa shape index (κ1) is 17.0. The van der Waals surface area contributed by atoms with Gasteiger partial charge in [0.2, 0.25) is 0 Å². The highest BCUT2D eigenvalue weighted by atomic mass is 35.5. The Balaban J connectivity index is 1.63. The smallest absolute Gasteiger partial charge is 0.129 e. The van der Waals surface area contributed by atoms with E-state index in [1.165, 1.54) is 30.4 Å². The predicted octanol–water partition coefficient (Wildman–Crippen LogP) is 3.90. The van der Waals surface area contributed by atoms with E-state index in [0.29, 0.717) is 17.0 Å². The van der Waals surface area contributed by atoms with E-state index in [1.54, 1.807) is 6.20 Å². The molecule has 4 nitrogen and oxygen atoms in total. The third-order valence-corrected chi connectivity index (χ3v) is 6.13. The lowest BCUT2D eigenvalue weighted by Crippen LogP contribution is -2.58. The Kier molecular flexibility index (Phi) is 4.76. The molecule has 2 aromatic rings. The average molecular weight is 358 g/mol. The van der Waals surface area contributed by atoms with Crippen molar-refractivity contribution in [1.82, 2.24) is 14.9 Å². The van der Waals surface area contributed by atoms with E-state index < -0.39 is 0 Å². The van der Waals surface area contributed by atoms with Gasteiger partial charge in [-0.2, -0.15) is 0 Å². The summed E-state index contributed by atoms with van der Waals surface area (Å²) in [5, 5.41) is 0.546. The molecule has 0 radical (unpaired) electrons. The van der Waals surface area contributed by atoms with Crippen LogP contribution in [0.3, 0.4) is 0 Å². The fraction of sp³-hybridized carbons (Fsp3) is 0.500. The van der Waals surface area contributed by atoms with Crippen LogP contribution < -0.4 is 0 Å². The van der Waals surface area contributed by atoms with Gasteiger partial charge in [0.05, 0.1) is 0 Å². The van der Waals surface area contributed by atoms with Gasteiger partial charge < -0.3 is 4.74 Å². The van der Waals surface area contributed by atoms with E-state index in [0.717, 1.165) is 19.6 Å². The van der Waals surface area contributed by atoms with Crippen LogP contribution in [-0.2, 0) is 16.9 Å². The van der Waals surface area contributed by atoms with Gasteiger partial charge in [-0.15, -0.1) is 0 Å². The Morgan fingerprint density at radius 3 is 2.68 bits per heavy atom. The van der Waals surface area contributed by atoms with Crippen molar-refractivity contribution in [3.8, 4) is 0 Å². The van der Waals surface area contributed by atoms with Crippen molar-refractivity contribution in [2.24, 2.45) is 11.8 Å². The zero-order chi connectivity index (χ0) is 17.3. The standard InChI is InChI=1S/C20H24ClN3O/c1-25-20(16-7-9-23-19(21)10-16)17-5-2-6-18(20)14-24(13-17)12-15-4-3-8-22-11-15/h3-4,7-11,17-18H,2,5-6,12-14H2,1H3. The number of nitrogens with zero attached hydrogens (tertiary/aromatic N) is 3. The van der Waals surface area contributed by atoms with Gasteiger partial charge in [-0.25, -0.2) is 4.98 Å². The summed E-state index contributed by atoms with van der Waals surface area (Å²) in [7, 11) is 1.86. The summed E-state index contributed by atoms with van der Waals surface area (Å²) >= 11 is 6.19.